The van der Waals surface area contributed by atoms with Gasteiger partial charge in [0.15, 0.2) is 6.61 Å². The predicted octanol–water partition coefficient (Wildman–Crippen LogP) is 3.64. The van der Waals surface area contributed by atoms with E-state index in [0.717, 1.165) is 16.8 Å². The van der Waals surface area contributed by atoms with Gasteiger partial charge in [-0.05, 0) is 47.3 Å². The van der Waals surface area contributed by atoms with Crippen LogP contribution in [0.4, 0.5) is 4.39 Å². The van der Waals surface area contributed by atoms with Crippen LogP contribution in [0, 0.1) is 5.82 Å². The molecule has 0 aliphatic heterocycles. The zero-order valence-electron chi connectivity index (χ0n) is 12.7. The molecule has 1 N–H and O–H groups in total. The number of rotatable bonds is 6. The van der Waals surface area contributed by atoms with Crippen LogP contribution >= 0.6 is 11.3 Å². The lowest BCUT2D eigenvalue weighted by Gasteiger charge is -2.10. The van der Waals surface area contributed by atoms with Crippen LogP contribution in [0.25, 0.3) is 11.3 Å². The zero-order valence-corrected chi connectivity index (χ0v) is 13.6. The maximum atomic E-state index is 12.8. The molecule has 24 heavy (non-hydrogen) atoms. The molecule has 1 aromatic carbocycles. The predicted molar refractivity (Wildman–Crippen MR) is 91.3 cm³/mol. The molecule has 3 rings (SSSR count). The highest BCUT2D eigenvalue weighted by atomic mass is 32.1. The molecule has 0 unspecified atom stereocenters. The number of hydrogen-bond donors (Lipinski definition) is 1. The number of pyridine rings is 1. The van der Waals surface area contributed by atoms with Gasteiger partial charge < -0.3 is 10.1 Å². The van der Waals surface area contributed by atoms with Crippen LogP contribution in [0.5, 0.6) is 5.75 Å². The van der Waals surface area contributed by atoms with E-state index in [0.29, 0.717) is 12.3 Å². The van der Waals surface area contributed by atoms with Crippen molar-refractivity contribution in [2.75, 3.05) is 6.61 Å². The number of hydrogen-bond acceptors (Lipinski definition) is 4. The Balaban J connectivity index is 1.56. The fourth-order valence-electron chi connectivity index (χ4n) is 2.16. The van der Waals surface area contributed by atoms with Crippen molar-refractivity contribution in [1.29, 1.82) is 0 Å². The van der Waals surface area contributed by atoms with Gasteiger partial charge in [-0.1, -0.05) is 6.07 Å². The topological polar surface area (TPSA) is 51.2 Å². The molecule has 0 aliphatic carbocycles. The molecule has 0 saturated heterocycles. The SMILES string of the molecule is O=C(COc1ccc(F)cc1)NCc1cccnc1-c1ccsc1. The third-order valence-corrected chi connectivity index (χ3v) is 4.03. The number of benzene rings is 1. The molecule has 0 radical (unpaired) electrons. The molecule has 0 bridgehead atoms. The second kappa shape index (κ2) is 7.70. The van der Waals surface area contributed by atoms with Gasteiger partial charge in [0.25, 0.3) is 5.91 Å². The van der Waals surface area contributed by atoms with Gasteiger partial charge >= 0.3 is 0 Å². The van der Waals surface area contributed by atoms with Crippen molar-refractivity contribution in [1.82, 2.24) is 10.3 Å². The monoisotopic (exact) mass is 342 g/mol. The van der Waals surface area contributed by atoms with Gasteiger partial charge in [0, 0.05) is 23.7 Å². The summed E-state index contributed by atoms with van der Waals surface area (Å²) in [7, 11) is 0. The molecule has 0 fully saturated rings. The Labute approximate surface area is 142 Å². The number of amides is 1. The maximum Gasteiger partial charge on any atom is 0.258 e. The molecular weight excluding hydrogens is 327 g/mol. The fourth-order valence-corrected chi connectivity index (χ4v) is 2.81. The lowest BCUT2D eigenvalue weighted by atomic mass is 10.1. The van der Waals surface area contributed by atoms with E-state index in [4.69, 9.17) is 4.74 Å². The van der Waals surface area contributed by atoms with E-state index in [2.05, 4.69) is 10.3 Å². The summed E-state index contributed by atoms with van der Waals surface area (Å²) in [5, 5.41) is 6.82. The molecule has 0 atom stereocenters. The minimum Gasteiger partial charge on any atom is -0.484 e. The number of halogens is 1. The summed E-state index contributed by atoms with van der Waals surface area (Å²) < 4.78 is 18.1. The summed E-state index contributed by atoms with van der Waals surface area (Å²) in [5.41, 5.74) is 2.83. The van der Waals surface area contributed by atoms with Crippen molar-refractivity contribution < 1.29 is 13.9 Å². The van der Waals surface area contributed by atoms with Crippen LogP contribution in [0.2, 0.25) is 0 Å². The van der Waals surface area contributed by atoms with E-state index in [9.17, 15) is 9.18 Å². The van der Waals surface area contributed by atoms with Crippen molar-refractivity contribution in [3.05, 3.63) is 70.8 Å². The van der Waals surface area contributed by atoms with E-state index < -0.39 is 0 Å². The number of nitrogens with one attached hydrogen (secondary N) is 1. The Morgan fingerprint density at radius 2 is 2.04 bits per heavy atom. The first kappa shape index (κ1) is 16.1. The molecule has 122 valence electrons. The third-order valence-electron chi connectivity index (χ3n) is 3.35. The van der Waals surface area contributed by atoms with Crippen molar-refractivity contribution in [3.63, 3.8) is 0 Å². The van der Waals surface area contributed by atoms with Gasteiger partial charge in [-0.2, -0.15) is 11.3 Å². The second-order valence-electron chi connectivity index (χ2n) is 5.04. The van der Waals surface area contributed by atoms with Gasteiger partial charge in [0.2, 0.25) is 0 Å². The first-order valence-electron chi connectivity index (χ1n) is 7.34. The Morgan fingerprint density at radius 1 is 1.21 bits per heavy atom. The molecule has 1 amide bonds. The number of thiophene rings is 1. The van der Waals surface area contributed by atoms with E-state index >= 15 is 0 Å². The molecule has 0 spiro atoms. The van der Waals surface area contributed by atoms with Gasteiger partial charge in [0.1, 0.15) is 11.6 Å². The van der Waals surface area contributed by atoms with Crippen LogP contribution in [0.1, 0.15) is 5.56 Å². The number of carbonyl (C=O) groups is 1. The number of nitrogens with zero attached hydrogens (tertiary/aromatic N) is 1. The minimum atomic E-state index is -0.343. The summed E-state index contributed by atoms with van der Waals surface area (Å²) in [5.74, 6) is -0.143. The minimum absolute atomic E-state index is 0.125. The average molecular weight is 342 g/mol. The Hall–Kier alpha value is -2.73. The van der Waals surface area contributed by atoms with Crippen molar-refractivity contribution in [2.45, 2.75) is 6.54 Å². The largest absolute Gasteiger partial charge is 0.484 e. The van der Waals surface area contributed by atoms with E-state index in [1.165, 1.54) is 24.3 Å². The second-order valence-corrected chi connectivity index (χ2v) is 5.82. The average Bonchev–Trinajstić information content (AvgIpc) is 3.14. The lowest BCUT2D eigenvalue weighted by molar-refractivity contribution is -0.123. The molecule has 4 nitrogen and oxygen atoms in total. The fraction of sp³-hybridized carbons (Fsp3) is 0.111. The number of carbonyl (C=O) groups excluding carboxylic acids is 1. The summed E-state index contributed by atoms with van der Waals surface area (Å²) in [6, 6.07) is 11.3. The van der Waals surface area contributed by atoms with Crippen molar-refractivity contribution in [2.24, 2.45) is 0 Å². The number of ether oxygens (including phenoxy) is 1. The normalized spacial score (nSPS) is 10.4. The maximum absolute atomic E-state index is 12.8. The quantitative estimate of drug-likeness (QED) is 0.744. The van der Waals surface area contributed by atoms with Gasteiger partial charge in [-0.25, -0.2) is 4.39 Å². The van der Waals surface area contributed by atoms with Crippen molar-refractivity contribution >= 4 is 17.2 Å². The standard InChI is InChI=1S/C18H15FN2O2S/c19-15-3-5-16(6-4-15)23-11-17(22)21-10-13-2-1-8-20-18(13)14-7-9-24-12-14/h1-9,12H,10-11H2,(H,21,22). The highest BCUT2D eigenvalue weighted by Gasteiger charge is 2.09. The smallest absolute Gasteiger partial charge is 0.258 e. The van der Waals surface area contributed by atoms with Crippen LogP contribution in [0.15, 0.2) is 59.4 Å². The van der Waals surface area contributed by atoms with Gasteiger partial charge in [0.05, 0.1) is 5.69 Å². The van der Waals surface area contributed by atoms with E-state index in [1.54, 1.807) is 17.5 Å². The molecule has 2 heterocycles. The van der Waals surface area contributed by atoms with Crippen LogP contribution < -0.4 is 10.1 Å². The summed E-state index contributed by atoms with van der Waals surface area (Å²) >= 11 is 1.60. The molecular formula is C18H15FN2O2S. The Kier molecular flexibility index (Phi) is 5.18. The summed E-state index contributed by atoms with van der Waals surface area (Å²) in [6.45, 7) is 0.240. The van der Waals surface area contributed by atoms with Gasteiger partial charge in [-0.15, -0.1) is 0 Å². The third kappa shape index (κ3) is 4.17. The lowest BCUT2D eigenvalue weighted by Crippen LogP contribution is -2.28. The first-order valence-corrected chi connectivity index (χ1v) is 8.28. The van der Waals surface area contributed by atoms with E-state index in [1.807, 2.05) is 29.0 Å². The summed E-state index contributed by atoms with van der Waals surface area (Å²) in [6.07, 6.45) is 1.73. The molecule has 2 aromatic heterocycles. The summed E-state index contributed by atoms with van der Waals surface area (Å²) in [4.78, 5) is 16.3. The highest BCUT2D eigenvalue weighted by Crippen LogP contribution is 2.23. The van der Waals surface area contributed by atoms with Crippen LogP contribution in [0.3, 0.4) is 0 Å². The van der Waals surface area contributed by atoms with Crippen LogP contribution in [-0.4, -0.2) is 17.5 Å². The molecule has 0 saturated carbocycles. The number of aromatic nitrogens is 1. The molecule has 6 heteroatoms. The zero-order chi connectivity index (χ0) is 16.8. The first-order chi connectivity index (χ1) is 11.7. The van der Waals surface area contributed by atoms with Crippen LogP contribution in [-0.2, 0) is 11.3 Å². The molecule has 0 aliphatic rings. The van der Waals surface area contributed by atoms with E-state index in [-0.39, 0.29) is 18.3 Å². The molecule has 3 aromatic rings. The Bertz CT molecular complexity index is 804. The van der Waals surface area contributed by atoms with Gasteiger partial charge in [-0.3, -0.25) is 9.78 Å². The van der Waals surface area contributed by atoms with Crippen molar-refractivity contribution in [3.8, 4) is 17.0 Å². The highest BCUT2D eigenvalue weighted by molar-refractivity contribution is 7.08. The Morgan fingerprint density at radius 3 is 2.79 bits per heavy atom.